The number of hydrogen-bond acceptors (Lipinski definition) is 9. The van der Waals surface area contributed by atoms with E-state index in [1.165, 1.54) is 103 Å². The van der Waals surface area contributed by atoms with E-state index in [-0.39, 0.29) is 19.2 Å². The highest BCUT2D eigenvalue weighted by Gasteiger charge is 2.44. The lowest BCUT2D eigenvalue weighted by atomic mass is 9.99. The van der Waals surface area contributed by atoms with E-state index in [1.54, 1.807) is 0 Å². The molecule has 0 aromatic carbocycles. The molecule has 9 nitrogen and oxygen atoms in total. The highest BCUT2D eigenvalue weighted by molar-refractivity contribution is 5.69. The fourth-order valence-electron chi connectivity index (χ4n) is 6.38. The van der Waals surface area contributed by atoms with Crippen LogP contribution in [0.3, 0.4) is 0 Å². The van der Waals surface area contributed by atoms with Crippen LogP contribution in [0, 0.1) is 0 Å². The fourth-order valence-corrected chi connectivity index (χ4v) is 6.38. The molecule has 6 unspecified atom stereocenters. The van der Waals surface area contributed by atoms with Crippen LogP contribution < -0.4 is 0 Å². The van der Waals surface area contributed by atoms with Crippen molar-refractivity contribution in [1.82, 2.24) is 0 Å². The summed E-state index contributed by atoms with van der Waals surface area (Å²) >= 11 is 0. The summed E-state index contributed by atoms with van der Waals surface area (Å²) < 4.78 is 22.5. The molecule has 9 heteroatoms. The van der Waals surface area contributed by atoms with Gasteiger partial charge >= 0.3 is 5.97 Å². The lowest BCUT2D eigenvalue weighted by Gasteiger charge is -2.39. The molecule has 310 valence electrons. The number of carbonyl (C=O) groups excluding carboxylic acids is 1. The lowest BCUT2D eigenvalue weighted by Crippen LogP contribution is -2.59. The van der Waals surface area contributed by atoms with Gasteiger partial charge in [0.05, 0.1) is 19.8 Å². The molecule has 0 aromatic heterocycles. The standard InChI is InChI=1S/C44H80O9/c1-3-5-7-9-10-11-12-13-14-15-16-17-18-19-20-21-22-23-24-25-26-27-28-29-30-32-34-50-36-38(52-40(46)33-31-8-6-4-2)37-51-44-43(49)42(48)41(47)39(35-45)53-44/h12-13,15-16,18-19,38-39,41-45,47-49H,3-11,14,17,20-37H2,1-2H3/b13-12-,16-15-,19-18-. The van der Waals surface area contributed by atoms with Gasteiger partial charge in [-0.15, -0.1) is 0 Å². The summed E-state index contributed by atoms with van der Waals surface area (Å²) in [6.07, 6.45) is 35.3. The van der Waals surface area contributed by atoms with Crippen molar-refractivity contribution in [2.45, 2.75) is 211 Å². The first-order valence-electron chi connectivity index (χ1n) is 21.6. The average Bonchev–Trinajstić information content (AvgIpc) is 3.16. The average molecular weight is 753 g/mol. The Morgan fingerprint density at radius 3 is 1.64 bits per heavy atom. The Balaban J connectivity index is 2.07. The predicted octanol–water partition coefficient (Wildman–Crippen LogP) is 9.19. The summed E-state index contributed by atoms with van der Waals surface area (Å²) in [5, 5.41) is 39.8. The van der Waals surface area contributed by atoms with Crippen molar-refractivity contribution in [2.24, 2.45) is 0 Å². The van der Waals surface area contributed by atoms with Gasteiger partial charge in [0.25, 0.3) is 0 Å². The van der Waals surface area contributed by atoms with E-state index in [1.807, 2.05) is 0 Å². The lowest BCUT2D eigenvalue weighted by molar-refractivity contribution is -0.305. The van der Waals surface area contributed by atoms with Gasteiger partial charge in [-0.25, -0.2) is 0 Å². The van der Waals surface area contributed by atoms with E-state index >= 15 is 0 Å². The summed E-state index contributed by atoms with van der Waals surface area (Å²) in [5.41, 5.74) is 0. The van der Waals surface area contributed by atoms with Gasteiger partial charge in [0.15, 0.2) is 6.29 Å². The van der Waals surface area contributed by atoms with Gasteiger partial charge in [0, 0.05) is 13.0 Å². The summed E-state index contributed by atoms with van der Waals surface area (Å²) in [6.45, 7) is 4.41. The molecule has 1 aliphatic rings. The molecule has 0 radical (unpaired) electrons. The molecule has 4 N–H and O–H groups in total. The third-order valence-electron chi connectivity index (χ3n) is 9.81. The molecule has 1 saturated heterocycles. The Kier molecular flexibility index (Phi) is 33.6. The maximum absolute atomic E-state index is 12.5. The number of allylic oxidation sites excluding steroid dienone is 6. The van der Waals surface area contributed by atoms with Crippen LogP contribution in [0.25, 0.3) is 0 Å². The Morgan fingerprint density at radius 1 is 0.604 bits per heavy atom. The monoisotopic (exact) mass is 753 g/mol. The van der Waals surface area contributed by atoms with Crippen LogP contribution in [0.15, 0.2) is 36.5 Å². The first-order chi connectivity index (χ1) is 25.9. The number of esters is 1. The van der Waals surface area contributed by atoms with Crippen LogP contribution in [0.5, 0.6) is 0 Å². The zero-order valence-corrected chi connectivity index (χ0v) is 33.8. The molecule has 1 fully saturated rings. The van der Waals surface area contributed by atoms with E-state index < -0.39 is 43.4 Å². The Morgan fingerprint density at radius 2 is 1.09 bits per heavy atom. The van der Waals surface area contributed by atoms with E-state index in [0.29, 0.717) is 13.0 Å². The minimum Gasteiger partial charge on any atom is -0.457 e. The normalized spacial score (nSPS) is 21.4. The van der Waals surface area contributed by atoms with Gasteiger partial charge in [0.2, 0.25) is 0 Å². The number of rotatable bonds is 36. The molecule has 1 rings (SSSR count). The molecule has 0 saturated carbocycles. The molecule has 0 spiro atoms. The van der Waals surface area contributed by atoms with Crippen LogP contribution >= 0.6 is 0 Å². The second-order valence-electron chi connectivity index (χ2n) is 14.8. The fraction of sp³-hybridized carbons (Fsp3) is 0.841. The summed E-state index contributed by atoms with van der Waals surface area (Å²) in [7, 11) is 0. The topological polar surface area (TPSA) is 135 Å². The summed E-state index contributed by atoms with van der Waals surface area (Å²) in [4.78, 5) is 12.5. The molecule has 0 amide bonds. The highest BCUT2D eigenvalue weighted by Crippen LogP contribution is 2.22. The van der Waals surface area contributed by atoms with Crippen molar-refractivity contribution in [3.63, 3.8) is 0 Å². The van der Waals surface area contributed by atoms with Gasteiger partial charge in [0.1, 0.15) is 30.5 Å². The van der Waals surface area contributed by atoms with Crippen LogP contribution in [0.4, 0.5) is 0 Å². The molecular formula is C44H80O9. The molecule has 1 aliphatic heterocycles. The predicted molar refractivity (Wildman–Crippen MR) is 215 cm³/mol. The number of aliphatic hydroxyl groups is 4. The van der Waals surface area contributed by atoms with E-state index in [4.69, 9.17) is 18.9 Å². The van der Waals surface area contributed by atoms with Gasteiger partial charge < -0.3 is 39.4 Å². The second kappa shape index (κ2) is 36.1. The Bertz CT molecular complexity index is 905. The van der Waals surface area contributed by atoms with E-state index in [2.05, 4.69) is 50.3 Å². The molecular weight excluding hydrogens is 672 g/mol. The smallest absolute Gasteiger partial charge is 0.306 e. The zero-order valence-electron chi connectivity index (χ0n) is 33.8. The van der Waals surface area contributed by atoms with Crippen molar-refractivity contribution in [3.05, 3.63) is 36.5 Å². The van der Waals surface area contributed by atoms with Crippen molar-refractivity contribution in [3.8, 4) is 0 Å². The molecule has 1 heterocycles. The molecule has 0 bridgehead atoms. The largest absolute Gasteiger partial charge is 0.457 e. The summed E-state index contributed by atoms with van der Waals surface area (Å²) in [5.74, 6) is -0.333. The number of carbonyl (C=O) groups is 1. The summed E-state index contributed by atoms with van der Waals surface area (Å²) in [6, 6.07) is 0. The van der Waals surface area contributed by atoms with Gasteiger partial charge in [-0.3, -0.25) is 4.79 Å². The third-order valence-corrected chi connectivity index (χ3v) is 9.81. The maximum atomic E-state index is 12.5. The molecule has 0 aliphatic carbocycles. The number of hydrogen-bond donors (Lipinski definition) is 4. The third kappa shape index (κ3) is 27.6. The van der Waals surface area contributed by atoms with E-state index in [0.717, 1.165) is 51.4 Å². The second-order valence-corrected chi connectivity index (χ2v) is 14.8. The molecule has 53 heavy (non-hydrogen) atoms. The molecule has 0 aromatic rings. The number of unbranched alkanes of at least 4 members (excludes halogenated alkanes) is 19. The quantitative estimate of drug-likeness (QED) is 0.0281. The van der Waals surface area contributed by atoms with Crippen molar-refractivity contribution < 1.29 is 44.2 Å². The first kappa shape index (κ1) is 49.4. The highest BCUT2D eigenvalue weighted by atomic mass is 16.7. The van der Waals surface area contributed by atoms with Crippen molar-refractivity contribution in [1.29, 1.82) is 0 Å². The zero-order chi connectivity index (χ0) is 38.6. The van der Waals surface area contributed by atoms with Gasteiger partial charge in [-0.2, -0.15) is 0 Å². The molecule has 6 atom stereocenters. The van der Waals surface area contributed by atoms with Crippen LogP contribution in [0.1, 0.15) is 174 Å². The van der Waals surface area contributed by atoms with Crippen molar-refractivity contribution in [2.75, 3.05) is 26.4 Å². The maximum Gasteiger partial charge on any atom is 0.306 e. The van der Waals surface area contributed by atoms with Gasteiger partial charge in [-0.05, 0) is 51.4 Å². The van der Waals surface area contributed by atoms with Crippen LogP contribution in [-0.2, 0) is 23.7 Å². The van der Waals surface area contributed by atoms with Gasteiger partial charge in [-0.1, -0.05) is 153 Å². The minimum atomic E-state index is -1.53. The number of aliphatic hydroxyl groups excluding tert-OH is 4. The van der Waals surface area contributed by atoms with Crippen molar-refractivity contribution >= 4 is 5.97 Å². The minimum absolute atomic E-state index is 0.115. The van der Waals surface area contributed by atoms with Crippen LogP contribution in [-0.4, -0.2) is 89.6 Å². The Hall–Kier alpha value is -1.59. The van der Waals surface area contributed by atoms with E-state index in [9.17, 15) is 25.2 Å². The first-order valence-corrected chi connectivity index (χ1v) is 21.6. The Labute approximate surface area is 323 Å². The number of ether oxygens (including phenoxy) is 4. The van der Waals surface area contributed by atoms with Crippen LogP contribution in [0.2, 0.25) is 0 Å². The SMILES string of the molecule is CCCCCCC/C=C\C/C=C\C/C=C\CCCCCCCCCCCCCOCC(COC1OC(CO)C(O)C(O)C1O)OC(=O)CCCCCC.